The number of aliphatic hydroxyl groups is 1. The van der Waals surface area contributed by atoms with Gasteiger partial charge < -0.3 is 19.9 Å². The van der Waals surface area contributed by atoms with Crippen LogP contribution >= 0.6 is 0 Å². The molecule has 1 aromatic rings. The maximum Gasteiger partial charge on any atom is 0.179 e. The summed E-state index contributed by atoms with van der Waals surface area (Å²) in [5.41, 5.74) is 0.551. The summed E-state index contributed by atoms with van der Waals surface area (Å²) in [7, 11) is 3.09. The van der Waals surface area contributed by atoms with Crippen molar-refractivity contribution in [1.82, 2.24) is 5.32 Å². The van der Waals surface area contributed by atoms with E-state index in [-0.39, 0.29) is 24.5 Å². The molecule has 20 heavy (non-hydrogen) atoms. The number of rotatable bonds is 8. The number of aliphatic hydroxyl groups excluding tert-OH is 1. The molecule has 112 valence electrons. The van der Waals surface area contributed by atoms with Crippen LogP contribution in [0.15, 0.2) is 18.2 Å². The van der Waals surface area contributed by atoms with Crippen LogP contribution in [-0.4, -0.2) is 43.8 Å². The van der Waals surface area contributed by atoms with Crippen LogP contribution < -0.4 is 14.8 Å². The van der Waals surface area contributed by atoms with Gasteiger partial charge in [-0.3, -0.25) is 4.79 Å². The molecule has 0 amide bonds. The van der Waals surface area contributed by atoms with Gasteiger partial charge in [-0.25, -0.2) is 0 Å². The number of methoxy groups -OCH3 is 2. The number of ether oxygens (including phenoxy) is 2. The fraction of sp³-hybridized carbons (Fsp3) is 0.533. The monoisotopic (exact) mass is 281 g/mol. The average molecular weight is 281 g/mol. The number of carbonyl (C=O) groups is 1. The summed E-state index contributed by atoms with van der Waals surface area (Å²) in [4.78, 5) is 12.3. The Hall–Kier alpha value is -1.59. The van der Waals surface area contributed by atoms with E-state index in [1.54, 1.807) is 32.2 Å². The van der Waals surface area contributed by atoms with E-state index in [1.165, 1.54) is 7.11 Å². The largest absolute Gasteiger partial charge is 0.493 e. The Morgan fingerprint density at radius 1 is 1.30 bits per heavy atom. The van der Waals surface area contributed by atoms with Crippen molar-refractivity contribution in [2.75, 3.05) is 20.8 Å². The topological polar surface area (TPSA) is 67.8 Å². The van der Waals surface area contributed by atoms with Crippen molar-refractivity contribution in [1.29, 1.82) is 0 Å². The van der Waals surface area contributed by atoms with Crippen molar-refractivity contribution in [2.45, 2.75) is 32.4 Å². The third kappa shape index (κ3) is 3.95. The molecule has 0 saturated carbocycles. The van der Waals surface area contributed by atoms with Gasteiger partial charge in [0.25, 0.3) is 0 Å². The van der Waals surface area contributed by atoms with Crippen LogP contribution in [0, 0.1) is 0 Å². The zero-order chi connectivity index (χ0) is 15.1. The summed E-state index contributed by atoms with van der Waals surface area (Å²) < 4.78 is 10.3. The van der Waals surface area contributed by atoms with Crippen molar-refractivity contribution < 1.29 is 19.4 Å². The first kappa shape index (κ1) is 16.5. The fourth-order valence-corrected chi connectivity index (χ4v) is 1.97. The van der Waals surface area contributed by atoms with Gasteiger partial charge >= 0.3 is 0 Å². The second-order valence-electron chi connectivity index (χ2n) is 4.61. The van der Waals surface area contributed by atoms with E-state index in [1.807, 2.05) is 6.92 Å². The highest BCUT2D eigenvalue weighted by Crippen LogP contribution is 2.28. The van der Waals surface area contributed by atoms with Crippen molar-refractivity contribution in [2.24, 2.45) is 0 Å². The van der Waals surface area contributed by atoms with E-state index in [0.29, 0.717) is 17.1 Å². The van der Waals surface area contributed by atoms with Crippen molar-refractivity contribution in [3.63, 3.8) is 0 Å². The maximum absolute atomic E-state index is 12.3. The van der Waals surface area contributed by atoms with Crippen molar-refractivity contribution in [3.05, 3.63) is 23.8 Å². The van der Waals surface area contributed by atoms with Crippen LogP contribution in [0.25, 0.3) is 0 Å². The van der Waals surface area contributed by atoms with E-state index in [9.17, 15) is 4.79 Å². The predicted octanol–water partition coefficient (Wildman–Crippen LogP) is 1.64. The minimum atomic E-state index is -0.370. The van der Waals surface area contributed by atoms with Gasteiger partial charge in [0.2, 0.25) is 0 Å². The van der Waals surface area contributed by atoms with E-state index < -0.39 is 0 Å². The summed E-state index contributed by atoms with van der Waals surface area (Å²) in [6, 6.07) is 4.64. The first-order valence-corrected chi connectivity index (χ1v) is 6.70. The van der Waals surface area contributed by atoms with E-state index >= 15 is 0 Å². The smallest absolute Gasteiger partial charge is 0.179 e. The first-order valence-electron chi connectivity index (χ1n) is 6.70. The molecule has 5 heteroatoms. The minimum Gasteiger partial charge on any atom is -0.493 e. The Labute approximate surface area is 119 Å². The molecule has 0 fully saturated rings. The Bertz CT molecular complexity index is 443. The number of Topliss-reactive ketones (excluding diaryl/α,β-unsaturated/α-hetero) is 1. The normalized spacial score (nSPS) is 13.7. The quantitative estimate of drug-likeness (QED) is 0.709. The number of carbonyl (C=O) groups excluding carboxylic acids is 1. The molecular weight excluding hydrogens is 258 g/mol. The molecule has 0 aromatic heterocycles. The zero-order valence-electron chi connectivity index (χ0n) is 12.5. The molecule has 2 N–H and O–H groups in total. The highest BCUT2D eigenvalue weighted by molar-refractivity contribution is 6.00. The summed E-state index contributed by atoms with van der Waals surface area (Å²) in [5, 5.41) is 12.3. The molecule has 0 saturated heterocycles. The van der Waals surface area contributed by atoms with Crippen LogP contribution in [0.1, 0.15) is 30.6 Å². The van der Waals surface area contributed by atoms with Gasteiger partial charge in [-0.1, -0.05) is 6.92 Å². The van der Waals surface area contributed by atoms with Crippen molar-refractivity contribution >= 4 is 5.78 Å². The molecule has 5 nitrogen and oxygen atoms in total. The van der Waals surface area contributed by atoms with E-state index in [4.69, 9.17) is 14.6 Å². The molecule has 0 radical (unpaired) electrons. The summed E-state index contributed by atoms with van der Waals surface area (Å²) in [6.45, 7) is 3.76. The third-order valence-electron chi connectivity index (χ3n) is 3.26. The van der Waals surface area contributed by atoms with Crippen LogP contribution in [-0.2, 0) is 0 Å². The molecule has 0 aliphatic carbocycles. The number of hydrogen-bond acceptors (Lipinski definition) is 5. The average Bonchev–Trinajstić information content (AvgIpc) is 2.50. The Morgan fingerprint density at radius 3 is 2.45 bits per heavy atom. The van der Waals surface area contributed by atoms with Crippen LogP contribution in [0.3, 0.4) is 0 Å². The highest BCUT2D eigenvalue weighted by Gasteiger charge is 2.19. The molecular formula is C15H23NO4. The van der Waals surface area contributed by atoms with Crippen LogP contribution in [0.4, 0.5) is 0 Å². The standard InChI is InChI=1S/C15H23NO4/c1-5-12(9-17)16-10(2)15(18)11-6-7-13(19-3)14(8-11)20-4/h6-8,10,12,16-17H,5,9H2,1-4H3. The van der Waals surface area contributed by atoms with Gasteiger partial charge in [0, 0.05) is 11.6 Å². The fourth-order valence-electron chi connectivity index (χ4n) is 1.97. The molecule has 0 bridgehead atoms. The molecule has 0 aliphatic heterocycles. The minimum absolute atomic E-state index is 0.0139. The lowest BCUT2D eigenvalue weighted by Crippen LogP contribution is -2.43. The maximum atomic E-state index is 12.3. The molecule has 2 unspecified atom stereocenters. The molecule has 1 aromatic carbocycles. The lowest BCUT2D eigenvalue weighted by atomic mass is 10.0. The Balaban J connectivity index is 2.86. The van der Waals surface area contributed by atoms with Crippen LogP contribution in [0.2, 0.25) is 0 Å². The van der Waals surface area contributed by atoms with E-state index in [2.05, 4.69) is 5.32 Å². The molecule has 0 heterocycles. The second-order valence-corrected chi connectivity index (χ2v) is 4.61. The summed E-state index contributed by atoms with van der Waals surface area (Å²) >= 11 is 0. The summed E-state index contributed by atoms with van der Waals surface area (Å²) in [5.74, 6) is 1.07. The van der Waals surface area contributed by atoms with Gasteiger partial charge in [-0.05, 0) is 31.5 Å². The summed E-state index contributed by atoms with van der Waals surface area (Å²) in [6.07, 6.45) is 0.764. The number of ketones is 1. The lowest BCUT2D eigenvalue weighted by molar-refractivity contribution is 0.0935. The number of hydrogen-bond donors (Lipinski definition) is 2. The van der Waals surface area contributed by atoms with Gasteiger partial charge in [0.1, 0.15) is 0 Å². The lowest BCUT2D eigenvalue weighted by Gasteiger charge is -2.20. The highest BCUT2D eigenvalue weighted by atomic mass is 16.5. The van der Waals surface area contributed by atoms with Crippen molar-refractivity contribution in [3.8, 4) is 11.5 Å². The zero-order valence-corrected chi connectivity index (χ0v) is 12.5. The number of benzene rings is 1. The van der Waals surface area contributed by atoms with Gasteiger partial charge in [-0.15, -0.1) is 0 Å². The first-order chi connectivity index (χ1) is 9.57. The molecule has 0 aliphatic rings. The molecule has 1 rings (SSSR count). The molecule has 0 spiro atoms. The van der Waals surface area contributed by atoms with Crippen LogP contribution in [0.5, 0.6) is 11.5 Å². The van der Waals surface area contributed by atoms with E-state index in [0.717, 1.165) is 6.42 Å². The third-order valence-corrected chi connectivity index (χ3v) is 3.26. The van der Waals surface area contributed by atoms with Gasteiger partial charge in [-0.2, -0.15) is 0 Å². The number of nitrogens with one attached hydrogen (secondary N) is 1. The Morgan fingerprint density at radius 2 is 1.95 bits per heavy atom. The Kier molecular flexibility index (Phi) is 6.48. The van der Waals surface area contributed by atoms with Gasteiger partial charge in [0.15, 0.2) is 17.3 Å². The predicted molar refractivity (Wildman–Crippen MR) is 77.6 cm³/mol. The SMILES string of the molecule is CCC(CO)NC(C)C(=O)c1ccc(OC)c(OC)c1. The second kappa shape index (κ2) is 7.87. The van der Waals surface area contributed by atoms with Gasteiger partial charge in [0.05, 0.1) is 26.9 Å². The molecule has 2 atom stereocenters.